The predicted molar refractivity (Wildman–Crippen MR) is 97.0 cm³/mol. The second kappa shape index (κ2) is 6.71. The molecule has 0 bridgehead atoms. The maximum atomic E-state index is 12.3. The van der Waals surface area contributed by atoms with E-state index >= 15 is 0 Å². The molecule has 0 spiro atoms. The molecule has 1 heterocycles. The van der Waals surface area contributed by atoms with Gasteiger partial charge in [-0.2, -0.15) is 5.26 Å². The quantitative estimate of drug-likeness (QED) is 0.528. The number of pyridine rings is 1. The van der Waals surface area contributed by atoms with E-state index in [0.717, 1.165) is 10.0 Å². The summed E-state index contributed by atoms with van der Waals surface area (Å²) < 4.78 is 0.905. The molecule has 0 amide bonds. The van der Waals surface area contributed by atoms with Gasteiger partial charge in [0.15, 0.2) is 0 Å². The second-order valence-electron chi connectivity index (χ2n) is 5.22. The van der Waals surface area contributed by atoms with E-state index in [4.69, 9.17) is 0 Å². The first-order valence-corrected chi connectivity index (χ1v) is 7.97. The highest BCUT2D eigenvalue weighted by molar-refractivity contribution is 9.10. The molecule has 25 heavy (non-hydrogen) atoms. The van der Waals surface area contributed by atoms with Gasteiger partial charge in [-0.1, -0.05) is 28.1 Å². The van der Waals surface area contributed by atoms with Crippen LogP contribution in [0.2, 0.25) is 0 Å². The fourth-order valence-electron chi connectivity index (χ4n) is 2.45. The minimum atomic E-state index is -0.503. The largest absolute Gasteiger partial charge is 0.321 e. The van der Waals surface area contributed by atoms with E-state index in [1.807, 2.05) is 30.3 Å². The number of benzene rings is 2. The van der Waals surface area contributed by atoms with E-state index in [2.05, 4.69) is 20.9 Å². The molecular weight excluding hydrogens is 386 g/mol. The third kappa shape index (κ3) is 3.34. The van der Waals surface area contributed by atoms with Crippen LogP contribution in [0, 0.1) is 21.4 Å². The lowest BCUT2D eigenvalue weighted by Crippen LogP contribution is -2.12. The van der Waals surface area contributed by atoms with Crippen LogP contribution >= 0.6 is 15.9 Å². The van der Waals surface area contributed by atoms with Crippen LogP contribution in [0.15, 0.2) is 63.9 Å². The number of nitrogens with one attached hydrogen (secondary N) is 1. The van der Waals surface area contributed by atoms with Gasteiger partial charge in [0.25, 0.3) is 11.2 Å². The maximum absolute atomic E-state index is 12.3. The molecule has 6 nitrogen and oxygen atoms in total. The number of nitriles is 1. The highest BCUT2D eigenvalue weighted by atomic mass is 79.9. The van der Waals surface area contributed by atoms with Crippen LogP contribution in [0.5, 0.6) is 0 Å². The number of nitro groups is 1. The second-order valence-corrected chi connectivity index (χ2v) is 6.14. The molecular formula is C18H10BrN3O3. The predicted octanol–water partition coefficient (Wildman–Crippen LogP) is 4.25. The number of hydrogen-bond donors (Lipinski definition) is 1. The molecule has 0 aliphatic rings. The summed E-state index contributed by atoms with van der Waals surface area (Å²) in [7, 11) is 0. The summed E-state index contributed by atoms with van der Waals surface area (Å²) in [5.41, 5.74) is 1.75. The molecule has 3 rings (SSSR count). The summed E-state index contributed by atoms with van der Waals surface area (Å²) in [6, 6.07) is 16.7. The van der Waals surface area contributed by atoms with Crippen molar-refractivity contribution >= 4 is 21.6 Å². The first kappa shape index (κ1) is 16.6. The zero-order chi connectivity index (χ0) is 18.0. The van der Waals surface area contributed by atoms with Crippen LogP contribution in [0.3, 0.4) is 0 Å². The van der Waals surface area contributed by atoms with Crippen LogP contribution in [-0.2, 0) is 0 Å². The summed E-state index contributed by atoms with van der Waals surface area (Å²) in [5, 5.41) is 20.1. The van der Waals surface area contributed by atoms with Gasteiger partial charge in [-0.05, 0) is 41.5 Å². The van der Waals surface area contributed by atoms with Crippen molar-refractivity contribution in [3.05, 3.63) is 85.1 Å². The zero-order valence-corrected chi connectivity index (χ0v) is 14.3. The van der Waals surface area contributed by atoms with E-state index in [1.165, 1.54) is 24.3 Å². The number of rotatable bonds is 3. The summed E-state index contributed by atoms with van der Waals surface area (Å²) in [5.74, 6) is 0. The van der Waals surface area contributed by atoms with Gasteiger partial charge >= 0.3 is 0 Å². The van der Waals surface area contributed by atoms with E-state index < -0.39 is 10.5 Å². The first-order chi connectivity index (χ1) is 12.0. The van der Waals surface area contributed by atoms with Gasteiger partial charge < -0.3 is 4.98 Å². The Labute approximate surface area is 150 Å². The zero-order valence-electron chi connectivity index (χ0n) is 12.7. The minimum absolute atomic E-state index is 0.0327. The Hall–Kier alpha value is -3.24. The van der Waals surface area contributed by atoms with Crippen molar-refractivity contribution in [3.8, 4) is 28.5 Å². The van der Waals surface area contributed by atoms with E-state index in [9.17, 15) is 20.2 Å². The molecule has 0 fully saturated rings. The topological polar surface area (TPSA) is 99.8 Å². The molecule has 0 saturated carbocycles. The Bertz CT molecular complexity index is 1050. The lowest BCUT2D eigenvalue weighted by molar-refractivity contribution is -0.384. The molecule has 0 unspecified atom stereocenters. The lowest BCUT2D eigenvalue weighted by atomic mass is 9.99. The normalized spacial score (nSPS) is 10.2. The highest BCUT2D eigenvalue weighted by Gasteiger charge is 2.14. The standard InChI is InChI=1S/C18H10BrN3O3/c19-13-5-1-12(2-6-13)17-9-15(16(10-20)18(23)21-17)11-3-7-14(8-4-11)22(24)25/h1-9H,(H,21,23). The van der Waals surface area contributed by atoms with Crippen LogP contribution in [0.4, 0.5) is 5.69 Å². The molecule has 0 radical (unpaired) electrons. The fourth-order valence-corrected chi connectivity index (χ4v) is 2.71. The van der Waals surface area contributed by atoms with Gasteiger partial charge in [0.2, 0.25) is 0 Å². The van der Waals surface area contributed by atoms with Gasteiger partial charge in [-0.15, -0.1) is 0 Å². The van der Waals surface area contributed by atoms with Gasteiger partial charge in [0.1, 0.15) is 11.6 Å². The Morgan fingerprint density at radius 1 is 1.04 bits per heavy atom. The van der Waals surface area contributed by atoms with Gasteiger partial charge in [-0.3, -0.25) is 14.9 Å². The summed E-state index contributed by atoms with van der Waals surface area (Å²) in [4.78, 5) is 25.3. The van der Waals surface area contributed by atoms with Crippen LogP contribution in [0.25, 0.3) is 22.4 Å². The van der Waals surface area contributed by atoms with Crippen molar-refractivity contribution in [1.82, 2.24) is 4.98 Å². The molecule has 3 aromatic rings. The van der Waals surface area contributed by atoms with Gasteiger partial charge in [0, 0.05) is 27.9 Å². The molecule has 122 valence electrons. The Morgan fingerprint density at radius 2 is 1.64 bits per heavy atom. The SMILES string of the molecule is N#Cc1c(-c2ccc([N+](=O)[O-])cc2)cc(-c2ccc(Br)cc2)[nH]c1=O. The van der Waals surface area contributed by atoms with Crippen molar-refractivity contribution < 1.29 is 4.92 Å². The number of aromatic nitrogens is 1. The summed E-state index contributed by atoms with van der Waals surface area (Å²) in [6.45, 7) is 0. The van der Waals surface area contributed by atoms with Crippen molar-refractivity contribution in [2.45, 2.75) is 0 Å². The van der Waals surface area contributed by atoms with Crippen molar-refractivity contribution in [1.29, 1.82) is 5.26 Å². The maximum Gasteiger partial charge on any atom is 0.269 e. The summed E-state index contributed by atoms with van der Waals surface area (Å²) >= 11 is 3.35. The number of nitro benzene ring substituents is 1. The van der Waals surface area contributed by atoms with E-state index in [1.54, 1.807) is 6.07 Å². The molecule has 2 aromatic carbocycles. The van der Waals surface area contributed by atoms with Crippen molar-refractivity contribution in [2.75, 3.05) is 0 Å². The third-order valence-corrected chi connectivity index (χ3v) is 4.22. The fraction of sp³-hybridized carbons (Fsp3) is 0. The lowest BCUT2D eigenvalue weighted by Gasteiger charge is -2.08. The highest BCUT2D eigenvalue weighted by Crippen LogP contribution is 2.28. The average Bonchev–Trinajstić information content (AvgIpc) is 2.61. The van der Waals surface area contributed by atoms with Gasteiger partial charge in [0.05, 0.1) is 4.92 Å². The Balaban J connectivity index is 2.18. The number of non-ortho nitro benzene ring substituents is 1. The Morgan fingerprint density at radius 3 is 2.20 bits per heavy atom. The molecule has 0 aliphatic carbocycles. The number of nitrogens with zero attached hydrogens (tertiary/aromatic N) is 2. The van der Waals surface area contributed by atoms with Crippen molar-refractivity contribution in [3.63, 3.8) is 0 Å². The van der Waals surface area contributed by atoms with E-state index in [-0.39, 0.29) is 11.3 Å². The number of halogens is 1. The Kier molecular flexibility index (Phi) is 4.46. The molecule has 0 saturated heterocycles. The molecule has 1 N–H and O–H groups in total. The monoisotopic (exact) mass is 395 g/mol. The van der Waals surface area contributed by atoms with Crippen molar-refractivity contribution in [2.24, 2.45) is 0 Å². The molecule has 1 aromatic heterocycles. The average molecular weight is 396 g/mol. The third-order valence-electron chi connectivity index (χ3n) is 3.69. The van der Waals surface area contributed by atoms with Crippen LogP contribution < -0.4 is 5.56 Å². The smallest absolute Gasteiger partial charge is 0.269 e. The molecule has 7 heteroatoms. The number of H-pyrrole nitrogens is 1. The number of aromatic amines is 1. The number of hydrogen-bond acceptors (Lipinski definition) is 4. The summed E-state index contributed by atoms with van der Waals surface area (Å²) in [6.07, 6.45) is 0. The van der Waals surface area contributed by atoms with Crippen LogP contribution in [0.1, 0.15) is 5.56 Å². The van der Waals surface area contributed by atoms with E-state index in [0.29, 0.717) is 16.8 Å². The van der Waals surface area contributed by atoms with Crippen LogP contribution in [-0.4, -0.2) is 9.91 Å². The molecule has 0 atom stereocenters. The minimum Gasteiger partial charge on any atom is -0.321 e. The first-order valence-electron chi connectivity index (χ1n) is 7.18. The van der Waals surface area contributed by atoms with Gasteiger partial charge in [-0.25, -0.2) is 0 Å². The molecule has 0 aliphatic heterocycles.